The molecule has 1 saturated carbocycles. The van der Waals surface area contributed by atoms with Gasteiger partial charge in [0.1, 0.15) is 0 Å². The van der Waals surface area contributed by atoms with Crippen LogP contribution in [0.4, 0.5) is 0 Å². The molecule has 2 atom stereocenters. The van der Waals surface area contributed by atoms with Gasteiger partial charge in [0.2, 0.25) is 0 Å². The van der Waals surface area contributed by atoms with Gasteiger partial charge in [0.05, 0.1) is 0 Å². The first-order valence-corrected chi connectivity index (χ1v) is 4.80. The molecule has 1 aliphatic rings. The van der Waals surface area contributed by atoms with Gasteiger partial charge in [-0.1, -0.05) is 26.7 Å². The molecule has 0 saturated heterocycles. The summed E-state index contributed by atoms with van der Waals surface area (Å²) < 4.78 is 0. The van der Waals surface area contributed by atoms with Crippen molar-refractivity contribution in [1.82, 2.24) is 0 Å². The Morgan fingerprint density at radius 1 is 1.18 bits per heavy atom. The lowest BCUT2D eigenvalue weighted by molar-refractivity contribution is 0.315. The van der Waals surface area contributed by atoms with Crippen molar-refractivity contribution in [2.45, 2.75) is 45.6 Å². The maximum Gasteiger partial charge on any atom is 0.00792 e. The fraction of sp³-hybridized carbons (Fsp3) is 1.00. The Labute approximate surface area is 70.3 Å². The average Bonchev–Trinajstić information content (AvgIpc) is 2.09. The van der Waals surface area contributed by atoms with Gasteiger partial charge in [-0.2, -0.15) is 0 Å². The molecule has 0 heterocycles. The van der Waals surface area contributed by atoms with Gasteiger partial charge in [0.25, 0.3) is 0 Å². The molecule has 1 fully saturated rings. The highest BCUT2D eigenvalue weighted by Gasteiger charge is 2.19. The second-order valence-electron chi connectivity index (χ2n) is 2.94. The van der Waals surface area contributed by atoms with E-state index in [2.05, 4.69) is 0 Å². The van der Waals surface area contributed by atoms with Crippen LogP contribution >= 0.6 is 0 Å². The molecule has 68 valence electrons. The summed E-state index contributed by atoms with van der Waals surface area (Å²) in [4.78, 5) is 0. The molecule has 0 aromatic carbocycles. The minimum absolute atomic E-state index is 0.392. The Morgan fingerprint density at radius 2 is 1.73 bits per heavy atom. The van der Waals surface area contributed by atoms with Gasteiger partial charge >= 0.3 is 0 Å². The normalized spacial score (nSPS) is 30.5. The van der Waals surface area contributed by atoms with Crippen LogP contribution in [0.1, 0.15) is 39.5 Å². The summed E-state index contributed by atoms with van der Waals surface area (Å²) in [6.07, 6.45) is 5.06. The van der Waals surface area contributed by atoms with Crippen LogP contribution < -0.4 is 11.5 Å². The standard InChI is InChI=1S/C7H16N2.C2H6/c8-5-6-3-1-2-4-7(6)9;1-2/h6-7H,1-5,8-9H2;1-2H3. The van der Waals surface area contributed by atoms with Crippen molar-refractivity contribution in [3.63, 3.8) is 0 Å². The first-order valence-electron chi connectivity index (χ1n) is 4.80. The maximum atomic E-state index is 5.81. The van der Waals surface area contributed by atoms with Crippen molar-refractivity contribution in [1.29, 1.82) is 0 Å². The number of rotatable bonds is 1. The maximum absolute atomic E-state index is 5.81. The van der Waals surface area contributed by atoms with Gasteiger partial charge in [0, 0.05) is 6.04 Å². The zero-order chi connectivity index (χ0) is 8.69. The molecule has 0 aliphatic heterocycles. The largest absolute Gasteiger partial charge is 0.330 e. The Balaban J connectivity index is 0.000000461. The summed E-state index contributed by atoms with van der Waals surface area (Å²) in [5.41, 5.74) is 11.3. The molecule has 2 unspecified atom stereocenters. The molecule has 4 N–H and O–H groups in total. The minimum atomic E-state index is 0.392. The van der Waals surface area contributed by atoms with E-state index in [1.54, 1.807) is 0 Å². The summed E-state index contributed by atoms with van der Waals surface area (Å²) in [6, 6.07) is 0.392. The van der Waals surface area contributed by atoms with Crippen molar-refractivity contribution in [3.05, 3.63) is 0 Å². The molecule has 2 heteroatoms. The third kappa shape index (κ3) is 3.73. The lowest BCUT2D eigenvalue weighted by atomic mass is 9.85. The predicted octanol–water partition coefficient (Wildman–Crippen LogP) is 1.49. The van der Waals surface area contributed by atoms with Crippen LogP contribution in [0.5, 0.6) is 0 Å². The van der Waals surface area contributed by atoms with E-state index in [0.717, 1.165) is 6.54 Å². The van der Waals surface area contributed by atoms with Gasteiger partial charge in [-0.25, -0.2) is 0 Å². The molecule has 2 nitrogen and oxygen atoms in total. The van der Waals surface area contributed by atoms with E-state index in [1.807, 2.05) is 13.8 Å². The smallest absolute Gasteiger partial charge is 0.00792 e. The van der Waals surface area contributed by atoms with Crippen LogP contribution in [0.2, 0.25) is 0 Å². The van der Waals surface area contributed by atoms with Gasteiger partial charge in [-0.15, -0.1) is 0 Å². The van der Waals surface area contributed by atoms with Gasteiger partial charge in [-0.05, 0) is 25.3 Å². The van der Waals surface area contributed by atoms with Crippen LogP contribution in [-0.4, -0.2) is 12.6 Å². The summed E-state index contributed by atoms with van der Waals surface area (Å²) in [5, 5.41) is 0. The van der Waals surface area contributed by atoms with Crippen molar-refractivity contribution in [2.24, 2.45) is 17.4 Å². The summed E-state index contributed by atoms with van der Waals surface area (Å²) in [7, 11) is 0. The zero-order valence-corrected chi connectivity index (χ0v) is 7.84. The molecule has 0 aromatic heterocycles. The number of hydrogen-bond acceptors (Lipinski definition) is 2. The van der Waals surface area contributed by atoms with E-state index < -0.39 is 0 Å². The molecule has 0 aromatic rings. The van der Waals surface area contributed by atoms with Crippen molar-refractivity contribution in [2.75, 3.05) is 6.54 Å². The predicted molar refractivity (Wildman–Crippen MR) is 50.3 cm³/mol. The molecule has 11 heavy (non-hydrogen) atoms. The van der Waals surface area contributed by atoms with E-state index in [-0.39, 0.29) is 0 Å². The Hall–Kier alpha value is -0.0800. The average molecular weight is 158 g/mol. The van der Waals surface area contributed by atoms with E-state index in [9.17, 15) is 0 Å². The third-order valence-electron chi connectivity index (χ3n) is 2.27. The zero-order valence-electron chi connectivity index (χ0n) is 7.84. The first-order chi connectivity index (χ1) is 5.34. The quantitative estimate of drug-likeness (QED) is 0.607. The Kier molecular flexibility index (Phi) is 6.57. The van der Waals surface area contributed by atoms with E-state index in [0.29, 0.717) is 12.0 Å². The molecule has 0 bridgehead atoms. The Morgan fingerprint density at radius 3 is 2.09 bits per heavy atom. The lowest BCUT2D eigenvalue weighted by Crippen LogP contribution is -2.37. The second kappa shape index (κ2) is 6.62. The van der Waals surface area contributed by atoms with Crippen LogP contribution in [0, 0.1) is 5.92 Å². The highest BCUT2D eigenvalue weighted by Crippen LogP contribution is 2.21. The molecule has 0 radical (unpaired) electrons. The highest BCUT2D eigenvalue weighted by atomic mass is 14.7. The molecule has 0 spiro atoms. The van der Waals surface area contributed by atoms with Crippen molar-refractivity contribution >= 4 is 0 Å². The topological polar surface area (TPSA) is 52.0 Å². The number of nitrogens with two attached hydrogens (primary N) is 2. The molecular weight excluding hydrogens is 136 g/mol. The van der Waals surface area contributed by atoms with Crippen LogP contribution in [0.25, 0.3) is 0 Å². The van der Waals surface area contributed by atoms with E-state index >= 15 is 0 Å². The van der Waals surface area contributed by atoms with Crippen molar-refractivity contribution in [3.8, 4) is 0 Å². The lowest BCUT2D eigenvalue weighted by Gasteiger charge is -2.26. The molecule has 0 amide bonds. The first kappa shape index (κ1) is 10.9. The van der Waals surface area contributed by atoms with E-state index in [4.69, 9.17) is 11.5 Å². The molecule has 1 aliphatic carbocycles. The monoisotopic (exact) mass is 158 g/mol. The summed E-state index contributed by atoms with van der Waals surface area (Å²) in [5.74, 6) is 0.610. The molecular formula is C9H22N2. The SMILES string of the molecule is CC.NCC1CCCCC1N. The fourth-order valence-corrected chi connectivity index (χ4v) is 1.53. The van der Waals surface area contributed by atoms with Crippen molar-refractivity contribution < 1.29 is 0 Å². The van der Waals surface area contributed by atoms with Crippen LogP contribution in [0.15, 0.2) is 0 Å². The Bertz CT molecular complexity index is 83.6. The van der Waals surface area contributed by atoms with Crippen LogP contribution in [-0.2, 0) is 0 Å². The highest BCUT2D eigenvalue weighted by molar-refractivity contribution is 4.77. The molecule has 1 rings (SSSR count). The van der Waals surface area contributed by atoms with Gasteiger partial charge in [0.15, 0.2) is 0 Å². The summed E-state index contributed by atoms with van der Waals surface area (Å²) in [6.45, 7) is 4.78. The second-order valence-corrected chi connectivity index (χ2v) is 2.94. The third-order valence-corrected chi connectivity index (χ3v) is 2.27. The number of hydrogen-bond donors (Lipinski definition) is 2. The van der Waals surface area contributed by atoms with E-state index in [1.165, 1.54) is 25.7 Å². The van der Waals surface area contributed by atoms with Crippen LogP contribution in [0.3, 0.4) is 0 Å². The fourth-order valence-electron chi connectivity index (χ4n) is 1.53. The summed E-state index contributed by atoms with van der Waals surface area (Å²) >= 11 is 0. The van der Waals surface area contributed by atoms with Gasteiger partial charge in [-0.3, -0.25) is 0 Å². The minimum Gasteiger partial charge on any atom is -0.330 e. The van der Waals surface area contributed by atoms with Gasteiger partial charge < -0.3 is 11.5 Å².